The summed E-state index contributed by atoms with van der Waals surface area (Å²) in [5, 5.41) is 0. The minimum Gasteiger partial charge on any atom is -0.294 e. The highest BCUT2D eigenvalue weighted by molar-refractivity contribution is 5.96. The van der Waals surface area contributed by atoms with Gasteiger partial charge >= 0.3 is 0 Å². The molecule has 1 nitrogen and oxygen atoms in total. The molecule has 1 heteroatoms. The van der Waals surface area contributed by atoms with Crippen molar-refractivity contribution in [3.05, 3.63) is 35.4 Å². The molecule has 0 fully saturated rings. The van der Waals surface area contributed by atoms with Gasteiger partial charge in [-0.1, -0.05) is 38.1 Å². The molecule has 0 aliphatic rings. The van der Waals surface area contributed by atoms with Crippen LogP contribution in [-0.2, 0) is 0 Å². The smallest absolute Gasteiger partial charge is 0.163 e. The molecule has 84 valence electrons. The summed E-state index contributed by atoms with van der Waals surface area (Å²) in [6.07, 6.45) is 1.17. The summed E-state index contributed by atoms with van der Waals surface area (Å²) >= 11 is 0. The van der Waals surface area contributed by atoms with Crippen molar-refractivity contribution in [1.29, 1.82) is 0 Å². The highest BCUT2D eigenvalue weighted by atomic mass is 16.1. The van der Waals surface area contributed by atoms with E-state index in [1.807, 2.05) is 24.3 Å². The number of Topliss-reactive ketones (excluding diaryl/α,β-unsaturated/α-hetero) is 1. The van der Waals surface area contributed by atoms with Crippen molar-refractivity contribution in [3.8, 4) is 11.8 Å². The van der Waals surface area contributed by atoms with Crippen molar-refractivity contribution in [2.24, 2.45) is 0 Å². The van der Waals surface area contributed by atoms with Gasteiger partial charge in [-0.25, -0.2) is 0 Å². The zero-order valence-electron chi connectivity index (χ0n) is 10.2. The van der Waals surface area contributed by atoms with E-state index in [9.17, 15) is 4.79 Å². The fourth-order valence-electron chi connectivity index (χ4n) is 1.50. The summed E-state index contributed by atoms with van der Waals surface area (Å²) in [7, 11) is 0. The van der Waals surface area contributed by atoms with Crippen LogP contribution in [0.4, 0.5) is 0 Å². The molecular formula is C15H18O. The molecule has 0 heterocycles. The molecule has 0 aliphatic heterocycles. The number of carbonyl (C=O) groups excluding carboxylic acids is 1. The molecule has 0 amide bonds. The summed E-state index contributed by atoms with van der Waals surface area (Å²) < 4.78 is 0. The molecule has 16 heavy (non-hydrogen) atoms. The van der Waals surface area contributed by atoms with E-state index in [1.54, 1.807) is 6.92 Å². The van der Waals surface area contributed by atoms with Gasteiger partial charge in [0.15, 0.2) is 5.78 Å². The minimum absolute atomic E-state index is 0.179. The van der Waals surface area contributed by atoms with Gasteiger partial charge in [-0.3, -0.25) is 4.79 Å². The zero-order chi connectivity index (χ0) is 12.0. The van der Waals surface area contributed by atoms with Crippen LogP contribution in [-0.4, -0.2) is 5.78 Å². The molecule has 1 rings (SSSR count). The maximum Gasteiger partial charge on any atom is 0.163 e. The van der Waals surface area contributed by atoms with Crippen LogP contribution in [0, 0.1) is 11.8 Å². The predicted molar refractivity (Wildman–Crippen MR) is 67.5 cm³/mol. The number of carbonyl (C=O) groups is 1. The van der Waals surface area contributed by atoms with E-state index in [1.165, 1.54) is 5.56 Å². The summed E-state index contributed by atoms with van der Waals surface area (Å²) in [6, 6.07) is 7.89. The minimum atomic E-state index is 0.179. The van der Waals surface area contributed by atoms with E-state index < -0.39 is 0 Å². The van der Waals surface area contributed by atoms with Crippen LogP contribution in [0.2, 0.25) is 0 Å². The molecule has 0 unspecified atom stereocenters. The summed E-state index contributed by atoms with van der Waals surface area (Å²) in [5.41, 5.74) is 2.06. The Hall–Kier alpha value is -1.55. The Bertz CT molecular complexity index is 401. The molecule has 0 atom stereocenters. The zero-order valence-corrected chi connectivity index (χ0v) is 10.2. The Morgan fingerprint density at radius 2 is 1.88 bits per heavy atom. The Morgan fingerprint density at radius 1 is 1.25 bits per heavy atom. The van der Waals surface area contributed by atoms with Crippen LogP contribution in [0.15, 0.2) is 24.3 Å². The van der Waals surface area contributed by atoms with E-state index in [-0.39, 0.29) is 5.78 Å². The molecule has 0 N–H and O–H groups in total. The summed E-state index contributed by atoms with van der Waals surface area (Å²) in [6.45, 7) is 6.09. The predicted octanol–water partition coefficient (Wildman–Crippen LogP) is 3.80. The van der Waals surface area contributed by atoms with Gasteiger partial charge in [0.2, 0.25) is 0 Å². The Morgan fingerprint density at radius 3 is 2.38 bits per heavy atom. The maximum atomic E-state index is 11.7. The van der Waals surface area contributed by atoms with Crippen molar-refractivity contribution in [2.75, 3.05) is 0 Å². The van der Waals surface area contributed by atoms with Crippen molar-refractivity contribution in [3.63, 3.8) is 0 Å². The van der Waals surface area contributed by atoms with E-state index in [4.69, 9.17) is 0 Å². The van der Waals surface area contributed by atoms with Crippen LogP contribution >= 0.6 is 0 Å². The highest BCUT2D eigenvalue weighted by Crippen LogP contribution is 2.15. The highest BCUT2D eigenvalue weighted by Gasteiger charge is 2.05. The SMILES string of the molecule is CC#CCCC(=O)c1ccc(C(C)C)cc1. The lowest BCUT2D eigenvalue weighted by atomic mass is 9.99. The van der Waals surface area contributed by atoms with E-state index >= 15 is 0 Å². The summed E-state index contributed by atoms with van der Waals surface area (Å²) in [4.78, 5) is 11.7. The van der Waals surface area contributed by atoms with Crippen molar-refractivity contribution in [2.45, 2.75) is 39.5 Å². The third-order valence-electron chi connectivity index (χ3n) is 2.55. The maximum absolute atomic E-state index is 11.7. The molecule has 0 bridgehead atoms. The number of hydrogen-bond acceptors (Lipinski definition) is 1. The van der Waals surface area contributed by atoms with Crippen LogP contribution in [0.5, 0.6) is 0 Å². The first-order valence-corrected chi connectivity index (χ1v) is 5.68. The second-order valence-corrected chi connectivity index (χ2v) is 4.13. The quantitative estimate of drug-likeness (QED) is 0.550. The lowest BCUT2D eigenvalue weighted by molar-refractivity contribution is 0.0984. The Labute approximate surface area is 97.9 Å². The standard InChI is InChI=1S/C15H18O/c1-4-5-6-7-15(16)14-10-8-13(9-11-14)12(2)3/h8-12H,6-7H2,1-3H3. The molecule has 0 saturated heterocycles. The van der Waals surface area contributed by atoms with E-state index in [0.717, 1.165) is 5.56 Å². The van der Waals surface area contributed by atoms with Gasteiger partial charge in [0.05, 0.1) is 0 Å². The fourth-order valence-corrected chi connectivity index (χ4v) is 1.50. The van der Waals surface area contributed by atoms with Crippen LogP contribution in [0.25, 0.3) is 0 Å². The Balaban J connectivity index is 2.65. The second kappa shape index (κ2) is 6.12. The van der Waals surface area contributed by atoms with Crippen molar-refractivity contribution < 1.29 is 4.79 Å². The van der Waals surface area contributed by atoms with Gasteiger partial charge in [-0.2, -0.15) is 0 Å². The molecule has 0 aliphatic carbocycles. The average Bonchev–Trinajstić information content (AvgIpc) is 2.29. The first kappa shape index (κ1) is 12.5. The topological polar surface area (TPSA) is 17.1 Å². The lowest BCUT2D eigenvalue weighted by Gasteiger charge is -2.05. The number of hydrogen-bond donors (Lipinski definition) is 0. The van der Waals surface area contributed by atoms with Crippen LogP contribution in [0.1, 0.15) is 55.5 Å². The van der Waals surface area contributed by atoms with E-state index in [2.05, 4.69) is 25.7 Å². The van der Waals surface area contributed by atoms with Gasteiger partial charge in [-0.05, 0) is 18.4 Å². The van der Waals surface area contributed by atoms with E-state index in [0.29, 0.717) is 18.8 Å². The van der Waals surface area contributed by atoms with Crippen LogP contribution in [0.3, 0.4) is 0 Å². The Kier molecular flexibility index (Phi) is 4.79. The van der Waals surface area contributed by atoms with Gasteiger partial charge in [0.1, 0.15) is 0 Å². The molecule has 1 aromatic carbocycles. The molecule has 0 aromatic heterocycles. The normalized spacial score (nSPS) is 9.75. The largest absolute Gasteiger partial charge is 0.294 e. The van der Waals surface area contributed by atoms with Gasteiger partial charge < -0.3 is 0 Å². The second-order valence-electron chi connectivity index (χ2n) is 4.13. The van der Waals surface area contributed by atoms with Gasteiger partial charge in [0, 0.05) is 18.4 Å². The number of rotatable bonds is 4. The van der Waals surface area contributed by atoms with Gasteiger partial charge in [-0.15, -0.1) is 11.8 Å². The number of benzene rings is 1. The average molecular weight is 214 g/mol. The van der Waals surface area contributed by atoms with Gasteiger partial charge in [0.25, 0.3) is 0 Å². The van der Waals surface area contributed by atoms with Crippen LogP contribution < -0.4 is 0 Å². The molecule has 0 spiro atoms. The van der Waals surface area contributed by atoms with Crippen molar-refractivity contribution >= 4 is 5.78 Å². The third kappa shape index (κ3) is 3.55. The summed E-state index contributed by atoms with van der Waals surface area (Å²) in [5.74, 6) is 6.39. The fraction of sp³-hybridized carbons (Fsp3) is 0.400. The van der Waals surface area contributed by atoms with Crippen molar-refractivity contribution in [1.82, 2.24) is 0 Å². The molecule has 0 radical (unpaired) electrons. The monoisotopic (exact) mass is 214 g/mol. The molecule has 0 saturated carbocycles. The first-order valence-electron chi connectivity index (χ1n) is 5.68. The third-order valence-corrected chi connectivity index (χ3v) is 2.55. The lowest BCUT2D eigenvalue weighted by Crippen LogP contribution is -1.98. The molecule has 1 aromatic rings. The first-order chi connectivity index (χ1) is 7.65. The number of ketones is 1. The molecular weight excluding hydrogens is 196 g/mol.